The topological polar surface area (TPSA) is 169 Å². The van der Waals surface area contributed by atoms with Crippen LogP contribution in [0.15, 0.2) is 48.6 Å². The maximum atomic E-state index is 12.6. The average Bonchev–Trinajstić information content (AvgIpc) is 3.14. The summed E-state index contributed by atoms with van der Waals surface area (Å²) in [5.41, 5.74) is 0. The van der Waals surface area contributed by atoms with E-state index in [0.717, 1.165) is 63.7 Å². The highest BCUT2D eigenvalue weighted by Crippen LogP contribution is 2.43. The van der Waals surface area contributed by atoms with Gasteiger partial charge in [0.15, 0.2) is 6.10 Å². The van der Waals surface area contributed by atoms with Crippen LogP contribution in [-0.2, 0) is 32.7 Å². The number of phosphoric acid groups is 1. The lowest BCUT2D eigenvalue weighted by Crippen LogP contribution is -2.29. The van der Waals surface area contributed by atoms with Gasteiger partial charge in [-0.05, 0) is 70.6 Å². The summed E-state index contributed by atoms with van der Waals surface area (Å²) >= 11 is 0. The van der Waals surface area contributed by atoms with E-state index in [1.165, 1.54) is 51.4 Å². The Morgan fingerprint density at radius 3 is 1.58 bits per heavy atom. The van der Waals surface area contributed by atoms with Crippen molar-refractivity contribution in [3.8, 4) is 0 Å². The van der Waals surface area contributed by atoms with E-state index in [-0.39, 0.29) is 25.6 Å². The smallest absolute Gasteiger partial charge is 0.462 e. The summed E-state index contributed by atoms with van der Waals surface area (Å²) < 4.78 is 32.6. The second-order valence-electron chi connectivity index (χ2n) is 14.8. The first-order valence-electron chi connectivity index (χ1n) is 21.0. The van der Waals surface area contributed by atoms with Crippen LogP contribution < -0.4 is 0 Å². The Kier molecular flexibility index (Phi) is 36.0. The van der Waals surface area contributed by atoms with Gasteiger partial charge in [0.25, 0.3) is 0 Å². The van der Waals surface area contributed by atoms with Gasteiger partial charge in [-0.3, -0.25) is 18.6 Å². The predicted octanol–water partition coefficient (Wildman–Crippen LogP) is 9.77. The van der Waals surface area contributed by atoms with Gasteiger partial charge >= 0.3 is 19.8 Å². The van der Waals surface area contributed by atoms with E-state index in [9.17, 15) is 29.3 Å². The molecular weight excluding hydrogens is 723 g/mol. The molecule has 0 fully saturated rings. The standard InChI is InChI=1S/C43H77O11P/c1-38(2)30-26-22-18-14-10-9-13-16-20-24-28-32-42(47)51-36-41(37-53-55(49,50)52-35-40(46)34-44)54-43(48)33-29-25-21-17-12-8-6-4-5-7-11-15-19-23-27-31-39(3)45/h5-8,15,17,19,21,38-41,44-46H,4,9-14,16,18,20,22-37H2,1-3H3,(H,49,50)/b7-5-,8-6-,19-15-,21-17-/t39-,40-,41+/m0/s1. The number of hydrogen-bond donors (Lipinski definition) is 4. The maximum Gasteiger partial charge on any atom is 0.472 e. The van der Waals surface area contributed by atoms with Gasteiger partial charge in [0.1, 0.15) is 12.7 Å². The molecule has 0 aliphatic carbocycles. The monoisotopic (exact) mass is 801 g/mol. The molecule has 0 bridgehead atoms. The molecule has 0 aliphatic heterocycles. The Bertz CT molecular complexity index is 1090. The molecule has 0 spiro atoms. The Balaban J connectivity index is 4.42. The largest absolute Gasteiger partial charge is 0.472 e. The highest BCUT2D eigenvalue weighted by atomic mass is 31.2. The van der Waals surface area contributed by atoms with Gasteiger partial charge in [-0.15, -0.1) is 0 Å². The zero-order valence-electron chi connectivity index (χ0n) is 34.4. The van der Waals surface area contributed by atoms with Crippen LogP contribution >= 0.6 is 7.82 Å². The Hall–Kier alpha value is -2.11. The fraction of sp³-hybridized carbons (Fsp3) is 0.767. The minimum absolute atomic E-state index is 0.0959. The number of rotatable bonds is 38. The third-order valence-corrected chi connectivity index (χ3v) is 9.63. The van der Waals surface area contributed by atoms with Crippen molar-refractivity contribution >= 4 is 19.8 Å². The van der Waals surface area contributed by atoms with E-state index in [0.29, 0.717) is 19.3 Å². The SMILES string of the molecule is CC(C)CCCCCCCCCCCCCC(=O)OC[C@H](COP(=O)(O)OC[C@@H](O)CO)OC(=O)CCC/C=C\C/C=C\C/C=C\C/C=C\CCC[C@H](C)O. The second-order valence-corrected chi connectivity index (χ2v) is 16.2. The molecule has 1 unspecified atom stereocenters. The van der Waals surface area contributed by atoms with Gasteiger partial charge in [0.05, 0.1) is 25.9 Å². The normalized spacial score (nSPS) is 15.1. The molecule has 0 radical (unpaired) electrons. The summed E-state index contributed by atoms with van der Waals surface area (Å²) in [6.45, 7) is 4.16. The molecule has 320 valence electrons. The number of allylic oxidation sites excluding steroid dienone is 8. The molecule has 4 atom stereocenters. The number of carbonyl (C=O) groups excluding carboxylic acids is 2. The van der Waals surface area contributed by atoms with Crippen LogP contribution in [0.1, 0.15) is 162 Å². The van der Waals surface area contributed by atoms with Crippen LogP contribution in [-0.4, -0.2) is 76.9 Å². The average molecular weight is 801 g/mol. The van der Waals surface area contributed by atoms with Gasteiger partial charge in [0, 0.05) is 12.8 Å². The van der Waals surface area contributed by atoms with Crippen LogP contribution in [0.3, 0.4) is 0 Å². The number of ether oxygens (including phenoxy) is 2. The van der Waals surface area contributed by atoms with Crippen molar-refractivity contribution in [2.24, 2.45) is 5.92 Å². The minimum Gasteiger partial charge on any atom is -0.462 e. The Morgan fingerprint density at radius 2 is 1.05 bits per heavy atom. The van der Waals surface area contributed by atoms with Gasteiger partial charge < -0.3 is 29.7 Å². The number of phosphoric ester groups is 1. The third kappa shape index (κ3) is 39.9. The molecule has 4 N–H and O–H groups in total. The zero-order valence-corrected chi connectivity index (χ0v) is 35.3. The lowest BCUT2D eigenvalue weighted by Gasteiger charge is -2.20. The molecule has 11 nitrogen and oxygen atoms in total. The highest BCUT2D eigenvalue weighted by molar-refractivity contribution is 7.47. The summed E-state index contributed by atoms with van der Waals surface area (Å²) in [4.78, 5) is 34.9. The van der Waals surface area contributed by atoms with Crippen LogP contribution in [0.2, 0.25) is 0 Å². The summed E-state index contributed by atoms with van der Waals surface area (Å²) in [6, 6.07) is 0. The molecule has 0 aliphatic rings. The first kappa shape index (κ1) is 52.9. The van der Waals surface area contributed by atoms with Crippen molar-refractivity contribution in [2.75, 3.05) is 26.4 Å². The molecule has 0 saturated carbocycles. The fourth-order valence-corrected chi connectivity index (χ4v) is 6.21. The summed E-state index contributed by atoms with van der Waals surface area (Å²) in [7, 11) is -4.64. The molecule has 12 heteroatoms. The van der Waals surface area contributed by atoms with Crippen molar-refractivity contribution in [1.29, 1.82) is 0 Å². The number of aliphatic hydroxyl groups is 3. The lowest BCUT2D eigenvalue weighted by atomic mass is 10.0. The highest BCUT2D eigenvalue weighted by Gasteiger charge is 2.27. The Labute approximate surface area is 333 Å². The summed E-state index contributed by atoms with van der Waals surface area (Å²) in [6.07, 6.45) is 35.1. The third-order valence-electron chi connectivity index (χ3n) is 8.68. The van der Waals surface area contributed by atoms with Crippen molar-refractivity contribution < 1.29 is 52.9 Å². The molecule has 0 amide bonds. The van der Waals surface area contributed by atoms with Crippen molar-refractivity contribution in [3.05, 3.63) is 48.6 Å². The molecule has 55 heavy (non-hydrogen) atoms. The quantitative estimate of drug-likeness (QED) is 0.0203. The molecular formula is C43H77O11P. The van der Waals surface area contributed by atoms with Crippen molar-refractivity contribution in [2.45, 2.75) is 180 Å². The molecule has 0 aromatic rings. The van der Waals surface area contributed by atoms with Gasteiger partial charge in [-0.25, -0.2) is 4.57 Å². The fourth-order valence-electron chi connectivity index (χ4n) is 5.42. The van der Waals surface area contributed by atoms with E-state index in [2.05, 4.69) is 54.8 Å². The van der Waals surface area contributed by atoms with Crippen molar-refractivity contribution in [1.82, 2.24) is 0 Å². The van der Waals surface area contributed by atoms with E-state index in [4.69, 9.17) is 19.1 Å². The zero-order chi connectivity index (χ0) is 40.8. The van der Waals surface area contributed by atoms with Crippen LogP contribution in [0.4, 0.5) is 0 Å². The second kappa shape index (κ2) is 37.5. The molecule has 0 aromatic heterocycles. The van der Waals surface area contributed by atoms with E-state index in [1.54, 1.807) is 0 Å². The molecule has 0 aromatic carbocycles. The molecule has 0 saturated heterocycles. The lowest BCUT2D eigenvalue weighted by molar-refractivity contribution is -0.161. The van der Waals surface area contributed by atoms with Gasteiger partial charge in [0.2, 0.25) is 0 Å². The van der Waals surface area contributed by atoms with E-state index >= 15 is 0 Å². The number of aliphatic hydroxyl groups excluding tert-OH is 3. The van der Waals surface area contributed by atoms with E-state index < -0.39 is 51.8 Å². The number of hydrogen-bond acceptors (Lipinski definition) is 10. The first-order valence-corrected chi connectivity index (χ1v) is 22.5. The predicted molar refractivity (Wildman–Crippen MR) is 220 cm³/mol. The Morgan fingerprint density at radius 1 is 0.582 bits per heavy atom. The summed E-state index contributed by atoms with van der Waals surface area (Å²) in [5, 5.41) is 27.6. The number of esters is 2. The van der Waals surface area contributed by atoms with Crippen molar-refractivity contribution in [3.63, 3.8) is 0 Å². The summed E-state index contributed by atoms with van der Waals surface area (Å²) in [5.74, 6) is -0.214. The maximum absolute atomic E-state index is 12.6. The van der Waals surface area contributed by atoms with Crippen LogP contribution in [0, 0.1) is 5.92 Å². The van der Waals surface area contributed by atoms with Gasteiger partial charge in [-0.2, -0.15) is 0 Å². The number of carbonyl (C=O) groups is 2. The van der Waals surface area contributed by atoms with Crippen LogP contribution in [0.25, 0.3) is 0 Å². The van der Waals surface area contributed by atoms with Gasteiger partial charge in [-0.1, -0.05) is 133 Å². The first-order chi connectivity index (χ1) is 26.4. The minimum atomic E-state index is -4.64. The van der Waals surface area contributed by atoms with E-state index in [1.807, 2.05) is 19.1 Å². The number of unbranched alkanes of at least 4 members (excludes halogenated alkanes) is 12. The van der Waals surface area contributed by atoms with Crippen LogP contribution in [0.5, 0.6) is 0 Å². The molecule has 0 heterocycles. The molecule has 0 rings (SSSR count).